The van der Waals surface area contributed by atoms with Gasteiger partial charge in [0.05, 0.1) is 6.42 Å². The van der Waals surface area contributed by atoms with E-state index in [0.717, 1.165) is 96.3 Å². The summed E-state index contributed by atoms with van der Waals surface area (Å²) in [5.74, 6) is -1.06. The lowest BCUT2D eigenvalue weighted by atomic mass is 10.0. The summed E-state index contributed by atoms with van der Waals surface area (Å²) in [6.45, 7) is 6.38. The fourth-order valence-corrected chi connectivity index (χ4v) is 6.49. The number of hydrogen-bond donors (Lipinski definition) is 0. The smallest absolute Gasteiger partial charge is 0.309 e. The summed E-state index contributed by atoms with van der Waals surface area (Å²) >= 11 is 0. The minimum absolute atomic E-state index is 0.111. The zero-order chi connectivity index (χ0) is 43.7. The Morgan fingerprint density at radius 3 is 1.20 bits per heavy atom. The van der Waals surface area contributed by atoms with Crippen LogP contribution in [0, 0.1) is 0 Å². The topological polar surface area (TPSA) is 78.9 Å². The molecule has 1 atom stereocenters. The van der Waals surface area contributed by atoms with Gasteiger partial charge in [0.15, 0.2) is 6.10 Å². The van der Waals surface area contributed by atoms with E-state index in [0.29, 0.717) is 12.8 Å². The number of hydrogen-bond acceptors (Lipinski definition) is 6. The maximum absolute atomic E-state index is 12.8. The van der Waals surface area contributed by atoms with Crippen LogP contribution in [0.1, 0.15) is 220 Å². The Morgan fingerprint density at radius 1 is 0.367 bits per heavy atom. The Morgan fingerprint density at radius 2 is 0.717 bits per heavy atom. The molecule has 0 bridgehead atoms. The maximum Gasteiger partial charge on any atom is 0.309 e. The molecule has 0 saturated heterocycles. The first-order valence-electron chi connectivity index (χ1n) is 24.6. The van der Waals surface area contributed by atoms with Gasteiger partial charge in [0, 0.05) is 12.8 Å². The van der Waals surface area contributed by atoms with Gasteiger partial charge in [-0.3, -0.25) is 14.4 Å². The van der Waals surface area contributed by atoms with Crippen LogP contribution in [-0.2, 0) is 28.6 Å². The quantitative estimate of drug-likeness (QED) is 0.0263. The summed E-state index contributed by atoms with van der Waals surface area (Å²) in [6.07, 6.45) is 61.6. The third-order valence-electron chi connectivity index (χ3n) is 10.2. The van der Waals surface area contributed by atoms with Gasteiger partial charge in [0.1, 0.15) is 13.2 Å². The number of rotatable bonds is 43. The van der Waals surface area contributed by atoms with E-state index in [-0.39, 0.29) is 31.6 Å². The van der Waals surface area contributed by atoms with Crippen molar-refractivity contribution in [1.82, 2.24) is 0 Å². The molecular weight excluding hydrogens is 745 g/mol. The monoisotopic (exact) mass is 835 g/mol. The van der Waals surface area contributed by atoms with Crippen molar-refractivity contribution in [3.63, 3.8) is 0 Å². The van der Waals surface area contributed by atoms with Gasteiger partial charge in [0.25, 0.3) is 0 Å². The van der Waals surface area contributed by atoms with Crippen molar-refractivity contribution in [1.29, 1.82) is 0 Å². The summed E-state index contributed by atoms with van der Waals surface area (Å²) in [7, 11) is 0. The fourth-order valence-electron chi connectivity index (χ4n) is 6.49. The van der Waals surface area contributed by atoms with Crippen LogP contribution >= 0.6 is 0 Å². The lowest BCUT2D eigenvalue weighted by Crippen LogP contribution is -2.30. The third-order valence-corrected chi connectivity index (χ3v) is 10.2. The molecule has 6 nitrogen and oxygen atoms in total. The molecule has 0 heterocycles. The van der Waals surface area contributed by atoms with Gasteiger partial charge in [-0.2, -0.15) is 0 Å². The summed E-state index contributed by atoms with van der Waals surface area (Å²) in [4.78, 5) is 37.8. The molecule has 0 aromatic carbocycles. The molecule has 0 fully saturated rings. The number of allylic oxidation sites excluding steroid dienone is 13. The number of ether oxygens (including phenoxy) is 3. The van der Waals surface area contributed by atoms with Crippen LogP contribution in [0.25, 0.3) is 0 Å². The summed E-state index contributed by atoms with van der Waals surface area (Å²) in [6, 6.07) is 0. The van der Waals surface area contributed by atoms with Crippen molar-refractivity contribution in [3.8, 4) is 0 Å². The molecule has 60 heavy (non-hydrogen) atoms. The molecule has 6 heteroatoms. The first-order valence-corrected chi connectivity index (χ1v) is 24.6. The molecule has 0 aromatic heterocycles. The Hall–Kier alpha value is -3.41. The molecule has 0 aromatic rings. The number of esters is 3. The van der Waals surface area contributed by atoms with Crippen LogP contribution in [0.15, 0.2) is 85.1 Å². The van der Waals surface area contributed by atoms with Gasteiger partial charge in [-0.15, -0.1) is 0 Å². The molecule has 0 aliphatic carbocycles. The highest BCUT2D eigenvalue weighted by molar-refractivity contribution is 5.72. The van der Waals surface area contributed by atoms with Crippen LogP contribution in [0.5, 0.6) is 0 Å². The van der Waals surface area contributed by atoms with Crippen LogP contribution in [-0.4, -0.2) is 37.2 Å². The lowest BCUT2D eigenvalue weighted by molar-refractivity contribution is -0.166. The lowest BCUT2D eigenvalue weighted by Gasteiger charge is -2.18. The van der Waals surface area contributed by atoms with Gasteiger partial charge in [-0.1, -0.05) is 209 Å². The third kappa shape index (κ3) is 45.7. The van der Waals surface area contributed by atoms with Crippen molar-refractivity contribution in [2.75, 3.05) is 13.2 Å². The minimum atomic E-state index is -0.821. The molecule has 0 spiro atoms. The van der Waals surface area contributed by atoms with E-state index in [1.165, 1.54) is 83.5 Å². The van der Waals surface area contributed by atoms with E-state index in [1.807, 2.05) is 6.08 Å². The van der Waals surface area contributed by atoms with E-state index in [9.17, 15) is 14.4 Å². The van der Waals surface area contributed by atoms with Gasteiger partial charge in [-0.25, -0.2) is 0 Å². The van der Waals surface area contributed by atoms with E-state index < -0.39 is 12.1 Å². The molecule has 1 unspecified atom stereocenters. The molecule has 0 aliphatic rings. The fraction of sp³-hybridized carbons (Fsp3) is 0.685. The highest BCUT2D eigenvalue weighted by Crippen LogP contribution is 2.14. The average Bonchev–Trinajstić information content (AvgIpc) is 3.24. The molecule has 342 valence electrons. The molecule has 0 saturated carbocycles. The Balaban J connectivity index is 4.54. The molecule has 0 rings (SSSR count). The van der Waals surface area contributed by atoms with Crippen LogP contribution in [0.2, 0.25) is 0 Å². The van der Waals surface area contributed by atoms with E-state index >= 15 is 0 Å². The van der Waals surface area contributed by atoms with Crippen LogP contribution in [0.4, 0.5) is 0 Å². The zero-order valence-electron chi connectivity index (χ0n) is 38.9. The molecule has 0 aliphatic heterocycles. The SMILES string of the molecule is CC/C=C\C/C=C\C/C=C\C/C=C\C/C=C\CC(=O)OCC(COC(=O)CCCCCCCCCCCCCC)OC(=O)CCCCCCC/C=C\C/C=C\CCCCC. The number of carbonyl (C=O) groups is 3. The first-order chi connectivity index (χ1) is 29.5. The maximum atomic E-state index is 12.8. The van der Waals surface area contributed by atoms with E-state index in [2.05, 4.69) is 93.7 Å². The molecular formula is C54H90O6. The first kappa shape index (κ1) is 56.6. The zero-order valence-corrected chi connectivity index (χ0v) is 38.9. The largest absolute Gasteiger partial charge is 0.462 e. The molecule has 0 N–H and O–H groups in total. The number of unbranched alkanes of at least 4 members (excludes halogenated alkanes) is 19. The van der Waals surface area contributed by atoms with Crippen molar-refractivity contribution >= 4 is 17.9 Å². The second-order valence-corrected chi connectivity index (χ2v) is 16.0. The summed E-state index contributed by atoms with van der Waals surface area (Å²) in [5, 5.41) is 0. The normalized spacial score (nSPS) is 12.8. The Bertz CT molecular complexity index is 1190. The number of carbonyl (C=O) groups excluding carboxylic acids is 3. The predicted octanol–water partition coefficient (Wildman–Crippen LogP) is 16.0. The summed E-state index contributed by atoms with van der Waals surface area (Å²) in [5.41, 5.74) is 0. The van der Waals surface area contributed by atoms with Crippen LogP contribution < -0.4 is 0 Å². The standard InChI is InChI=1S/C54H90O6/c1-4-7-10-13-16-19-22-25-27-29-32-35-38-41-44-47-53(56)59-50-51(49-58-52(55)46-43-40-37-34-31-24-21-18-15-12-9-6-3)60-54(57)48-45-42-39-36-33-30-28-26-23-20-17-14-11-8-5-2/h7,10,16-17,19-20,25-28,32,35,41,44,51H,4-6,8-9,11-15,18,21-24,29-31,33-34,36-40,42-43,45-50H2,1-3H3/b10-7-,19-16-,20-17-,27-25-,28-26-,35-32-,44-41-. The van der Waals surface area contributed by atoms with Crippen molar-refractivity contribution in [2.24, 2.45) is 0 Å². The Labute approximate surface area is 369 Å². The van der Waals surface area contributed by atoms with E-state index in [1.54, 1.807) is 6.08 Å². The summed E-state index contributed by atoms with van der Waals surface area (Å²) < 4.78 is 16.6. The van der Waals surface area contributed by atoms with Crippen molar-refractivity contribution in [3.05, 3.63) is 85.1 Å². The van der Waals surface area contributed by atoms with Gasteiger partial charge >= 0.3 is 17.9 Å². The minimum Gasteiger partial charge on any atom is -0.462 e. The highest BCUT2D eigenvalue weighted by atomic mass is 16.6. The van der Waals surface area contributed by atoms with Gasteiger partial charge < -0.3 is 14.2 Å². The Kier molecular flexibility index (Phi) is 45.5. The molecule has 0 radical (unpaired) electrons. The predicted molar refractivity (Wildman–Crippen MR) is 256 cm³/mol. The van der Waals surface area contributed by atoms with Crippen molar-refractivity contribution in [2.45, 2.75) is 226 Å². The van der Waals surface area contributed by atoms with Gasteiger partial charge in [-0.05, 0) is 77.0 Å². The molecule has 0 amide bonds. The average molecular weight is 835 g/mol. The second-order valence-electron chi connectivity index (χ2n) is 16.0. The van der Waals surface area contributed by atoms with Crippen LogP contribution in [0.3, 0.4) is 0 Å². The second kappa shape index (κ2) is 48.3. The highest BCUT2D eigenvalue weighted by Gasteiger charge is 2.19. The van der Waals surface area contributed by atoms with E-state index in [4.69, 9.17) is 14.2 Å². The van der Waals surface area contributed by atoms with Crippen molar-refractivity contribution < 1.29 is 28.6 Å². The van der Waals surface area contributed by atoms with Gasteiger partial charge in [0.2, 0.25) is 0 Å².